The molecule has 6 heteroatoms. The molecule has 0 radical (unpaired) electrons. The van der Waals surface area contributed by atoms with Gasteiger partial charge in [0, 0.05) is 11.8 Å². The van der Waals surface area contributed by atoms with E-state index >= 15 is 0 Å². The molecule has 0 saturated heterocycles. The summed E-state index contributed by atoms with van der Waals surface area (Å²) in [5.74, 6) is -0.564. The standard InChI is InChI=1S/C24H25ClN2O3/c1-22(2)23(3)13-14-24(22,21(29)26-18-12-8-7-11-17(18)25)15-19(23)27-30-20(28)16-9-5-4-6-10-16/h4-12H,13-15H2,1-3H3,(H,26,29). The number of carbonyl (C=O) groups excluding carboxylic acids is 2. The summed E-state index contributed by atoms with van der Waals surface area (Å²) in [5.41, 5.74) is 0.478. The number of nitrogens with one attached hydrogen (secondary N) is 1. The normalized spacial score (nSPS) is 27.8. The predicted molar refractivity (Wildman–Crippen MR) is 118 cm³/mol. The van der Waals surface area contributed by atoms with Crippen LogP contribution in [0.4, 0.5) is 5.69 Å². The van der Waals surface area contributed by atoms with Crippen LogP contribution >= 0.6 is 11.6 Å². The van der Waals surface area contributed by atoms with Crippen molar-refractivity contribution in [1.82, 2.24) is 0 Å². The van der Waals surface area contributed by atoms with Gasteiger partial charge in [-0.2, -0.15) is 0 Å². The average Bonchev–Trinajstić information content (AvgIpc) is 3.05. The molecule has 2 unspecified atom stereocenters. The van der Waals surface area contributed by atoms with Gasteiger partial charge in [-0.3, -0.25) is 4.79 Å². The van der Waals surface area contributed by atoms with Crippen molar-refractivity contribution in [3.05, 3.63) is 65.2 Å². The van der Waals surface area contributed by atoms with Gasteiger partial charge in [0.05, 0.1) is 27.4 Å². The number of carbonyl (C=O) groups is 2. The third-order valence-corrected chi connectivity index (χ3v) is 7.87. The van der Waals surface area contributed by atoms with Crippen molar-refractivity contribution in [3.63, 3.8) is 0 Å². The number of fused-ring (bicyclic) bond motifs is 2. The third kappa shape index (κ3) is 2.95. The van der Waals surface area contributed by atoms with Crippen molar-refractivity contribution >= 4 is 34.9 Å². The van der Waals surface area contributed by atoms with Crippen LogP contribution in [0.25, 0.3) is 0 Å². The number of amides is 1. The van der Waals surface area contributed by atoms with Crippen LogP contribution in [0.15, 0.2) is 59.8 Å². The number of halogens is 1. The van der Waals surface area contributed by atoms with Gasteiger partial charge in [0.15, 0.2) is 0 Å². The summed E-state index contributed by atoms with van der Waals surface area (Å²) in [7, 11) is 0. The summed E-state index contributed by atoms with van der Waals surface area (Å²) >= 11 is 6.25. The summed E-state index contributed by atoms with van der Waals surface area (Å²) < 4.78 is 0. The van der Waals surface area contributed by atoms with Crippen LogP contribution in [0.5, 0.6) is 0 Å². The van der Waals surface area contributed by atoms with Crippen molar-refractivity contribution in [2.45, 2.75) is 40.0 Å². The van der Waals surface area contributed by atoms with Gasteiger partial charge in [-0.15, -0.1) is 0 Å². The molecule has 5 nitrogen and oxygen atoms in total. The van der Waals surface area contributed by atoms with E-state index in [1.54, 1.807) is 36.4 Å². The molecular weight excluding hydrogens is 400 g/mol. The van der Waals surface area contributed by atoms with Crippen LogP contribution in [0, 0.1) is 16.2 Å². The molecular formula is C24H25ClN2O3. The highest BCUT2D eigenvalue weighted by Crippen LogP contribution is 2.71. The Balaban J connectivity index is 1.60. The highest BCUT2D eigenvalue weighted by atomic mass is 35.5. The summed E-state index contributed by atoms with van der Waals surface area (Å²) in [6.07, 6.45) is 2.00. The Kier molecular flexibility index (Phi) is 4.97. The molecule has 4 rings (SSSR count). The second-order valence-electron chi connectivity index (χ2n) is 8.93. The maximum atomic E-state index is 13.5. The van der Waals surface area contributed by atoms with Crippen LogP contribution in [-0.2, 0) is 9.63 Å². The Bertz CT molecular complexity index is 1030. The van der Waals surface area contributed by atoms with Gasteiger partial charge in [0.1, 0.15) is 0 Å². The second kappa shape index (κ2) is 7.24. The summed E-state index contributed by atoms with van der Waals surface area (Å²) in [6.45, 7) is 6.32. The first-order chi connectivity index (χ1) is 14.2. The lowest BCUT2D eigenvalue weighted by atomic mass is 9.64. The molecule has 2 aromatic rings. The van der Waals surface area contributed by atoms with Crippen molar-refractivity contribution in [1.29, 1.82) is 0 Å². The molecule has 30 heavy (non-hydrogen) atoms. The first-order valence-electron chi connectivity index (χ1n) is 10.1. The van der Waals surface area contributed by atoms with Crippen molar-refractivity contribution in [2.24, 2.45) is 21.4 Å². The molecule has 2 fully saturated rings. The summed E-state index contributed by atoms with van der Waals surface area (Å²) in [5, 5.41) is 7.79. The molecule has 2 saturated carbocycles. The van der Waals surface area contributed by atoms with E-state index in [1.165, 1.54) is 0 Å². The monoisotopic (exact) mass is 424 g/mol. The van der Waals surface area contributed by atoms with Crippen LogP contribution in [0.2, 0.25) is 5.02 Å². The molecule has 2 aliphatic rings. The Morgan fingerprint density at radius 3 is 2.37 bits per heavy atom. The van der Waals surface area contributed by atoms with E-state index in [-0.39, 0.29) is 16.7 Å². The topological polar surface area (TPSA) is 67.8 Å². The van der Waals surface area contributed by atoms with Crippen molar-refractivity contribution in [2.75, 3.05) is 5.32 Å². The molecule has 2 atom stereocenters. The van der Waals surface area contributed by atoms with Crippen LogP contribution in [-0.4, -0.2) is 17.6 Å². The fraction of sp³-hybridized carbons (Fsp3) is 0.375. The van der Waals surface area contributed by atoms with Gasteiger partial charge in [-0.05, 0) is 42.5 Å². The average molecular weight is 425 g/mol. The maximum absolute atomic E-state index is 13.5. The van der Waals surface area contributed by atoms with E-state index in [0.29, 0.717) is 22.7 Å². The molecule has 0 spiro atoms. The van der Waals surface area contributed by atoms with Crippen molar-refractivity contribution < 1.29 is 14.4 Å². The fourth-order valence-electron chi connectivity index (χ4n) is 5.05. The minimum absolute atomic E-state index is 0.0658. The molecule has 1 N–H and O–H groups in total. The van der Waals surface area contributed by atoms with Gasteiger partial charge < -0.3 is 10.2 Å². The highest BCUT2D eigenvalue weighted by Gasteiger charge is 2.71. The molecule has 0 aliphatic heterocycles. The number of oxime groups is 1. The Labute approximate surface area is 181 Å². The van der Waals surface area contributed by atoms with E-state index in [4.69, 9.17) is 16.4 Å². The lowest BCUT2D eigenvalue weighted by Crippen LogP contribution is -2.43. The number of hydrogen-bond donors (Lipinski definition) is 1. The quantitative estimate of drug-likeness (QED) is 0.505. The summed E-state index contributed by atoms with van der Waals surface area (Å²) in [4.78, 5) is 31.1. The second-order valence-corrected chi connectivity index (χ2v) is 9.34. The lowest BCUT2D eigenvalue weighted by molar-refractivity contribution is -0.130. The predicted octanol–water partition coefficient (Wildman–Crippen LogP) is 5.71. The largest absolute Gasteiger partial charge is 0.365 e. The first-order valence-corrected chi connectivity index (χ1v) is 10.5. The van der Waals surface area contributed by atoms with Gasteiger partial charge >= 0.3 is 5.97 Å². The van der Waals surface area contributed by atoms with Crippen LogP contribution < -0.4 is 5.32 Å². The van der Waals surface area contributed by atoms with Crippen LogP contribution in [0.1, 0.15) is 50.4 Å². The molecule has 0 aromatic heterocycles. The van der Waals surface area contributed by atoms with E-state index in [2.05, 4.69) is 31.2 Å². The number of benzene rings is 2. The molecule has 2 bridgehead atoms. The Morgan fingerprint density at radius 2 is 1.67 bits per heavy atom. The first kappa shape index (κ1) is 20.6. The maximum Gasteiger partial charge on any atom is 0.365 e. The number of rotatable bonds is 4. The summed E-state index contributed by atoms with van der Waals surface area (Å²) in [6, 6.07) is 16.0. The van der Waals surface area contributed by atoms with E-state index in [1.807, 2.05) is 18.2 Å². The Morgan fingerprint density at radius 1 is 1.00 bits per heavy atom. The van der Waals surface area contributed by atoms with Gasteiger partial charge in [-0.25, -0.2) is 4.79 Å². The number of nitrogens with zero attached hydrogens (tertiary/aromatic N) is 1. The third-order valence-electron chi connectivity index (χ3n) is 7.54. The zero-order chi connectivity index (χ0) is 21.6. The van der Waals surface area contributed by atoms with E-state index in [0.717, 1.165) is 18.6 Å². The van der Waals surface area contributed by atoms with E-state index in [9.17, 15) is 9.59 Å². The van der Waals surface area contributed by atoms with Gasteiger partial charge in [0.2, 0.25) is 5.91 Å². The molecule has 156 valence electrons. The van der Waals surface area contributed by atoms with Crippen LogP contribution in [0.3, 0.4) is 0 Å². The molecule has 0 heterocycles. The number of para-hydroxylation sites is 1. The highest BCUT2D eigenvalue weighted by molar-refractivity contribution is 6.33. The minimum atomic E-state index is -0.640. The zero-order valence-electron chi connectivity index (χ0n) is 17.4. The number of hydrogen-bond acceptors (Lipinski definition) is 4. The van der Waals surface area contributed by atoms with E-state index < -0.39 is 11.4 Å². The van der Waals surface area contributed by atoms with Gasteiger partial charge in [0.25, 0.3) is 0 Å². The van der Waals surface area contributed by atoms with Crippen molar-refractivity contribution in [3.8, 4) is 0 Å². The molecule has 1 amide bonds. The minimum Gasteiger partial charge on any atom is -0.324 e. The fourth-order valence-corrected chi connectivity index (χ4v) is 5.23. The lowest BCUT2D eigenvalue weighted by Gasteiger charge is -2.39. The molecule has 2 aliphatic carbocycles. The SMILES string of the molecule is CC12CCC(C(=O)Nc3ccccc3Cl)(CC1=NOC(=O)c1ccccc1)C2(C)C. The van der Waals surface area contributed by atoms with Gasteiger partial charge in [-0.1, -0.05) is 67.9 Å². The molecule has 2 aromatic carbocycles. The zero-order valence-corrected chi connectivity index (χ0v) is 18.1. The number of anilines is 1. The Hall–Kier alpha value is -2.66. The smallest absolute Gasteiger partial charge is 0.324 e.